The number of hydrogen-bond donors (Lipinski definition) is 1. The number of ether oxygens (including phenoxy) is 1. The molecule has 1 rings (SSSR count). The summed E-state index contributed by atoms with van der Waals surface area (Å²) < 4.78 is 5.14. The summed E-state index contributed by atoms with van der Waals surface area (Å²) in [4.78, 5) is 0. The summed E-state index contributed by atoms with van der Waals surface area (Å²) in [6.07, 6.45) is -0.285. The van der Waals surface area contributed by atoms with Crippen molar-refractivity contribution in [2.75, 3.05) is 5.88 Å². The van der Waals surface area contributed by atoms with Crippen LogP contribution >= 0.6 is 11.6 Å². The third-order valence-electron chi connectivity index (χ3n) is 1.64. The number of aliphatic hydroxyl groups excluding tert-OH is 1. The molecule has 1 aromatic rings. The van der Waals surface area contributed by atoms with Gasteiger partial charge in [-0.15, -0.1) is 11.6 Å². The molecule has 1 atom stereocenters. The monoisotopic (exact) mass is 200 g/mol. The molecule has 0 spiro atoms. The Balaban J connectivity index is 2.27. The van der Waals surface area contributed by atoms with Gasteiger partial charge < -0.3 is 9.84 Å². The van der Waals surface area contributed by atoms with Gasteiger partial charge in [0.1, 0.15) is 0 Å². The van der Waals surface area contributed by atoms with E-state index in [0.29, 0.717) is 18.9 Å². The van der Waals surface area contributed by atoms with Crippen LogP contribution in [0.4, 0.5) is 0 Å². The first-order valence-electron chi connectivity index (χ1n) is 4.22. The lowest BCUT2D eigenvalue weighted by molar-refractivity contribution is -0.108. The second-order valence-corrected chi connectivity index (χ2v) is 3.11. The smallest absolute Gasteiger partial charge is 0.156 e. The summed E-state index contributed by atoms with van der Waals surface area (Å²) in [5, 5.41) is 9.20. The third-order valence-corrected chi connectivity index (χ3v) is 1.86. The third kappa shape index (κ3) is 4.27. The first-order chi connectivity index (χ1) is 6.33. The van der Waals surface area contributed by atoms with Gasteiger partial charge in [-0.2, -0.15) is 0 Å². The van der Waals surface area contributed by atoms with Crippen LogP contribution in [0.1, 0.15) is 12.0 Å². The van der Waals surface area contributed by atoms with Gasteiger partial charge in [0.05, 0.1) is 6.61 Å². The van der Waals surface area contributed by atoms with Gasteiger partial charge in [-0.3, -0.25) is 0 Å². The number of halogens is 1. The summed E-state index contributed by atoms with van der Waals surface area (Å²) in [6, 6.07) is 9.72. The molecule has 0 fully saturated rings. The highest BCUT2D eigenvalue weighted by Crippen LogP contribution is 2.04. The van der Waals surface area contributed by atoms with Gasteiger partial charge in [-0.05, 0) is 5.56 Å². The Kier molecular flexibility index (Phi) is 4.83. The van der Waals surface area contributed by atoms with Crippen molar-refractivity contribution in [1.82, 2.24) is 0 Å². The maximum Gasteiger partial charge on any atom is 0.156 e. The molecule has 72 valence electrons. The normalized spacial score (nSPS) is 12.8. The zero-order valence-corrected chi connectivity index (χ0v) is 8.07. The minimum Gasteiger partial charge on any atom is -0.368 e. The van der Waals surface area contributed by atoms with E-state index in [1.165, 1.54) is 0 Å². The van der Waals surface area contributed by atoms with Crippen LogP contribution in [0.3, 0.4) is 0 Å². The molecule has 0 aliphatic heterocycles. The summed E-state index contributed by atoms with van der Waals surface area (Å²) in [5.74, 6) is 0.413. The molecule has 13 heavy (non-hydrogen) atoms. The van der Waals surface area contributed by atoms with Crippen LogP contribution in [0.25, 0.3) is 0 Å². The van der Waals surface area contributed by atoms with Gasteiger partial charge in [-0.25, -0.2) is 0 Å². The van der Waals surface area contributed by atoms with Crippen molar-refractivity contribution in [1.29, 1.82) is 0 Å². The van der Waals surface area contributed by atoms with Crippen molar-refractivity contribution in [2.24, 2.45) is 0 Å². The average molecular weight is 201 g/mol. The van der Waals surface area contributed by atoms with Gasteiger partial charge in [0.15, 0.2) is 6.29 Å². The van der Waals surface area contributed by atoms with E-state index >= 15 is 0 Å². The van der Waals surface area contributed by atoms with E-state index in [1.807, 2.05) is 30.3 Å². The van der Waals surface area contributed by atoms with Crippen LogP contribution in [0.2, 0.25) is 0 Å². The van der Waals surface area contributed by atoms with Crippen molar-refractivity contribution in [2.45, 2.75) is 19.3 Å². The van der Waals surface area contributed by atoms with Crippen molar-refractivity contribution in [3.63, 3.8) is 0 Å². The fourth-order valence-electron chi connectivity index (χ4n) is 0.943. The zero-order valence-electron chi connectivity index (χ0n) is 7.32. The van der Waals surface area contributed by atoms with E-state index in [1.54, 1.807) is 0 Å². The van der Waals surface area contributed by atoms with Crippen LogP contribution < -0.4 is 0 Å². The van der Waals surface area contributed by atoms with Crippen LogP contribution in [0.5, 0.6) is 0 Å². The lowest BCUT2D eigenvalue weighted by Gasteiger charge is -2.09. The summed E-state index contributed by atoms with van der Waals surface area (Å²) in [5.41, 5.74) is 1.05. The van der Waals surface area contributed by atoms with E-state index in [0.717, 1.165) is 5.56 Å². The molecule has 2 nitrogen and oxygen atoms in total. The zero-order chi connectivity index (χ0) is 9.52. The lowest BCUT2D eigenvalue weighted by atomic mass is 10.2. The highest BCUT2D eigenvalue weighted by molar-refractivity contribution is 6.17. The van der Waals surface area contributed by atoms with Gasteiger partial charge in [0, 0.05) is 12.3 Å². The number of benzene rings is 1. The molecule has 1 aromatic carbocycles. The minimum atomic E-state index is -0.752. The van der Waals surface area contributed by atoms with Crippen molar-refractivity contribution in [3.8, 4) is 0 Å². The fraction of sp³-hybridized carbons (Fsp3) is 0.400. The number of aliphatic hydroxyl groups is 1. The molecule has 1 N–H and O–H groups in total. The molecular weight excluding hydrogens is 188 g/mol. The molecular formula is C10H13ClO2. The van der Waals surface area contributed by atoms with Crippen LogP contribution in [-0.2, 0) is 11.3 Å². The van der Waals surface area contributed by atoms with E-state index in [4.69, 9.17) is 16.3 Å². The summed E-state index contributed by atoms with van der Waals surface area (Å²) in [7, 11) is 0. The summed E-state index contributed by atoms with van der Waals surface area (Å²) >= 11 is 5.44. The molecule has 0 aliphatic rings. The highest BCUT2D eigenvalue weighted by Gasteiger charge is 2.02. The Hall–Kier alpha value is -0.570. The van der Waals surface area contributed by atoms with Crippen molar-refractivity contribution >= 4 is 11.6 Å². The van der Waals surface area contributed by atoms with E-state index in [9.17, 15) is 5.11 Å². The number of rotatable bonds is 5. The Bertz CT molecular complexity index is 226. The van der Waals surface area contributed by atoms with Crippen LogP contribution in [-0.4, -0.2) is 17.3 Å². The predicted octanol–water partition coefficient (Wildman–Crippen LogP) is 2.15. The van der Waals surface area contributed by atoms with E-state index < -0.39 is 6.29 Å². The fourth-order valence-corrected chi connectivity index (χ4v) is 1.13. The largest absolute Gasteiger partial charge is 0.368 e. The Labute approximate surface area is 83.1 Å². The van der Waals surface area contributed by atoms with Gasteiger partial charge in [-0.1, -0.05) is 30.3 Å². The second-order valence-electron chi connectivity index (χ2n) is 2.73. The molecule has 0 heterocycles. The molecule has 1 unspecified atom stereocenters. The van der Waals surface area contributed by atoms with Crippen molar-refractivity contribution < 1.29 is 9.84 Å². The molecule has 0 aromatic heterocycles. The summed E-state index contributed by atoms with van der Waals surface area (Å²) in [6.45, 7) is 0.429. The maximum atomic E-state index is 9.20. The molecule has 0 radical (unpaired) electrons. The first kappa shape index (κ1) is 10.5. The standard InChI is InChI=1S/C10H13ClO2/c11-7-6-10(12)13-8-9-4-2-1-3-5-9/h1-5,10,12H,6-8H2. The van der Waals surface area contributed by atoms with Gasteiger partial charge in [0.25, 0.3) is 0 Å². The Morgan fingerprint density at radius 3 is 2.62 bits per heavy atom. The second kappa shape index (κ2) is 5.97. The van der Waals surface area contributed by atoms with Crippen LogP contribution in [0.15, 0.2) is 30.3 Å². The molecule has 0 aliphatic carbocycles. The lowest BCUT2D eigenvalue weighted by Crippen LogP contribution is -2.12. The Morgan fingerprint density at radius 2 is 2.00 bits per heavy atom. The first-order valence-corrected chi connectivity index (χ1v) is 4.76. The predicted molar refractivity (Wildman–Crippen MR) is 52.6 cm³/mol. The molecule has 3 heteroatoms. The number of hydrogen-bond acceptors (Lipinski definition) is 2. The maximum absolute atomic E-state index is 9.20. The molecule has 0 saturated carbocycles. The number of alkyl halides is 1. The molecule has 0 amide bonds. The SMILES string of the molecule is OC(CCCl)OCc1ccccc1. The molecule has 0 saturated heterocycles. The van der Waals surface area contributed by atoms with Gasteiger partial charge >= 0.3 is 0 Å². The van der Waals surface area contributed by atoms with Crippen molar-refractivity contribution in [3.05, 3.63) is 35.9 Å². The van der Waals surface area contributed by atoms with Crippen LogP contribution in [0, 0.1) is 0 Å². The average Bonchev–Trinajstić information content (AvgIpc) is 2.17. The highest BCUT2D eigenvalue weighted by atomic mass is 35.5. The van der Waals surface area contributed by atoms with Gasteiger partial charge in [0.2, 0.25) is 0 Å². The Morgan fingerprint density at radius 1 is 1.31 bits per heavy atom. The minimum absolute atomic E-state index is 0.413. The van der Waals surface area contributed by atoms with E-state index in [2.05, 4.69) is 0 Å². The molecule has 0 bridgehead atoms. The quantitative estimate of drug-likeness (QED) is 0.583. The topological polar surface area (TPSA) is 29.5 Å². The van der Waals surface area contributed by atoms with E-state index in [-0.39, 0.29) is 0 Å².